The van der Waals surface area contributed by atoms with Gasteiger partial charge in [-0.1, -0.05) is 37.3 Å². The third-order valence-electron chi connectivity index (χ3n) is 4.53. The quantitative estimate of drug-likeness (QED) is 0.509. The molecule has 5 heteroatoms. The zero-order valence-corrected chi connectivity index (χ0v) is 16.8. The molecule has 0 heterocycles. The third-order valence-corrected chi connectivity index (χ3v) is 4.53. The van der Waals surface area contributed by atoms with Crippen molar-refractivity contribution < 1.29 is 24.2 Å². The van der Waals surface area contributed by atoms with Crippen molar-refractivity contribution in [1.82, 2.24) is 0 Å². The molecule has 0 radical (unpaired) electrons. The number of aliphatic hydroxyl groups is 1. The molecule has 1 atom stereocenters. The molecule has 0 amide bonds. The van der Waals surface area contributed by atoms with Crippen molar-refractivity contribution >= 4 is 11.6 Å². The molecule has 3 rings (SSSR count). The van der Waals surface area contributed by atoms with Crippen LogP contribution >= 0.6 is 0 Å². The lowest BCUT2D eigenvalue weighted by Gasteiger charge is -2.14. The van der Waals surface area contributed by atoms with E-state index < -0.39 is 6.10 Å². The Hall–Kier alpha value is -3.44. The molecule has 0 bridgehead atoms. The van der Waals surface area contributed by atoms with Gasteiger partial charge >= 0.3 is 0 Å². The van der Waals surface area contributed by atoms with Crippen molar-refractivity contribution in [1.29, 1.82) is 0 Å². The molecule has 0 fully saturated rings. The van der Waals surface area contributed by atoms with E-state index >= 15 is 0 Å². The van der Waals surface area contributed by atoms with Crippen LogP contribution in [0.4, 0.5) is 0 Å². The molecule has 0 aliphatic heterocycles. The molecular formula is C25H24O5. The Morgan fingerprint density at radius 3 is 1.70 bits per heavy atom. The summed E-state index contributed by atoms with van der Waals surface area (Å²) in [4.78, 5) is 24.0. The molecule has 30 heavy (non-hydrogen) atoms. The number of ether oxygens (including phenoxy) is 2. The number of rotatable bonds is 10. The molecule has 0 aliphatic rings. The van der Waals surface area contributed by atoms with Gasteiger partial charge in [0.05, 0.1) is 0 Å². The predicted octanol–water partition coefficient (Wildman–Crippen LogP) is 4.33. The Balaban J connectivity index is 1.46. The highest BCUT2D eigenvalue weighted by Crippen LogP contribution is 2.17. The summed E-state index contributed by atoms with van der Waals surface area (Å²) in [5.74, 6) is 1.15. The van der Waals surface area contributed by atoms with Crippen LogP contribution in [0.2, 0.25) is 0 Å². The maximum absolute atomic E-state index is 12.4. The number of ketones is 2. The first kappa shape index (κ1) is 21.3. The van der Waals surface area contributed by atoms with E-state index in [2.05, 4.69) is 0 Å². The SMILES string of the molecule is CCC(=O)c1ccc(OC[C@H](O)COc2ccc(C(=O)c3ccccc3)cc2)cc1. The molecule has 154 valence electrons. The van der Waals surface area contributed by atoms with Gasteiger partial charge in [-0.05, 0) is 48.5 Å². The van der Waals surface area contributed by atoms with Crippen LogP contribution in [0.1, 0.15) is 39.6 Å². The van der Waals surface area contributed by atoms with Crippen LogP contribution in [-0.4, -0.2) is 36.0 Å². The Bertz CT molecular complexity index is 963. The van der Waals surface area contributed by atoms with Gasteiger partial charge in [0.25, 0.3) is 0 Å². The van der Waals surface area contributed by atoms with Crippen molar-refractivity contribution in [3.63, 3.8) is 0 Å². The predicted molar refractivity (Wildman–Crippen MR) is 114 cm³/mol. The molecule has 0 unspecified atom stereocenters. The van der Waals surface area contributed by atoms with Gasteiger partial charge in [-0.2, -0.15) is 0 Å². The maximum Gasteiger partial charge on any atom is 0.193 e. The van der Waals surface area contributed by atoms with Crippen LogP contribution in [0.5, 0.6) is 11.5 Å². The molecule has 5 nitrogen and oxygen atoms in total. The molecule has 3 aromatic rings. The number of hydrogen-bond donors (Lipinski definition) is 1. The van der Waals surface area contributed by atoms with Gasteiger partial charge < -0.3 is 14.6 Å². The Kier molecular flexibility index (Phi) is 7.35. The van der Waals surface area contributed by atoms with E-state index in [9.17, 15) is 14.7 Å². The van der Waals surface area contributed by atoms with Gasteiger partial charge in [0.2, 0.25) is 0 Å². The van der Waals surface area contributed by atoms with Crippen molar-refractivity contribution in [3.8, 4) is 11.5 Å². The van der Waals surface area contributed by atoms with Crippen molar-refractivity contribution in [3.05, 3.63) is 95.6 Å². The summed E-state index contributed by atoms with van der Waals surface area (Å²) in [5.41, 5.74) is 1.84. The number of hydrogen-bond acceptors (Lipinski definition) is 5. The lowest BCUT2D eigenvalue weighted by atomic mass is 10.0. The summed E-state index contributed by atoms with van der Waals surface area (Å²) in [5, 5.41) is 10.1. The number of Topliss-reactive ketones (excluding diaryl/α,β-unsaturated/α-hetero) is 1. The molecule has 0 spiro atoms. The minimum absolute atomic E-state index is 0.0535. The Morgan fingerprint density at radius 1 is 0.733 bits per heavy atom. The average molecular weight is 404 g/mol. The summed E-state index contributed by atoms with van der Waals surface area (Å²) in [6, 6.07) is 22.7. The summed E-state index contributed by atoms with van der Waals surface area (Å²) in [7, 11) is 0. The van der Waals surface area contributed by atoms with Crippen LogP contribution in [0, 0.1) is 0 Å². The summed E-state index contributed by atoms with van der Waals surface area (Å²) in [6.45, 7) is 1.93. The lowest BCUT2D eigenvalue weighted by molar-refractivity contribution is 0.0626. The summed E-state index contributed by atoms with van der Waals surface area (Å²) < 4.78 is 11.1. The molecule has 0 saturated carbocycles. The van der Waals surface area contributed by atoms with E-state index in [4.69, 9.17) is 9.47 Å². The van der Waals surface area contributed by atoms with Gasteiger partial charge in [0.1, 0.15) is 30.8 Å². The van der Waals surface area contributed by atoms with Crippen molar-refractivity contribution in [2.24, 2.45) is 0 Å². The van der Waals surface area contributed by atoms with E-state index in [0.29, 0.717) is 34.6 Å². The maximum atomic E-state index is 12.4. The van der Waals surface area contributed by atoms with E-state index in [1.807, 2.05) is 25.1 Å². The van der Waals surface area contributed by atoms with Crippen LogP contribution in [0.3, 0.4) is 0 Å². The Labute approximate surface area is 175 Å². The topological polar surface area (TPSA) is 72.8 Å². The fourth-order valence-corrected chi connectivity index (χ4v) is 2.83. The second-order valence-electron chi connectivity index (χ2n) is 6.80. The minimum Gasteiger partial charge on any atom is -0.491 e. The van der Waals surface area contributed by atoms with Crippen molar-refractivity contribution in [2.45, 2.75) is 19.4 Å². The smallest absolute Gasteiger partial charge is 0.193 e. The van der Waals surface area contributed by atoms with Crippen LogP contribution < -0.4 is 9.47 Å². The second-order valence-corrected chi connectivity index (χ2v) is 6.80. The van der Waals surface area contributed by atoms with Gasteiger partial charge in [0, 0.05) is 23.1 Å². The third kappa shape index (κ3) is 5.78. The number of aliphatic hydroxyl groups excluding tert-OH is 1. The molecule has 0 aromatic heterocycles. The number of benzene rings is 3. The standard InChI is InChI=1S/C25H24O5/c1-2-24(27)18-8-12-22(13-9-18)29-16-21(26)17-30-23-14-10-20(11-15-23)25(28)19-6-4-3-5-7-19/h3-15,21,26H,2,16-17H2,1H3/t21-/m0/s1. The minimum atomic E-state index is -0.826. The fraction of sp³-hybridized carbons (Fsp3) is 0.200. The largest absolute Gasteiger partial charge is 0.491 e. The van der Waals surface area contributed by atoms with Gasteiger partial charge in [-0.25, -0.2) is 0 Å². The lowest BCUT2D eigenvalue weighted by Crippen LogP contribution is -2.25. The van der Waals surface area contributed by atoms with Crippen LogP contribution in [0.25, 0.3) is 0 Å². The molecule has 0 aliphatic carbocycles. The molecule has 1 N–H and O–H groups in total. The van der Waals surface area contributed by atoms with Gasteiger partial charge in [0.15, 0.2) is 11.6 Å². The fourth-order valence-electron chi connectivity index (χ4n) is 2.83. The second kappa shape index (κ2) is 10.4. The molecule has 3 aromatic carbocycles. The summed E-state index contributed by atoms with van der Waals surface area (Å²) >= 11 is 0. The van der Waals surface area contributed by atoms with E-state index in [0.717, 1.165) is 0 Å². The Morgan fingerprint density at radius 2 is 1.20 bits per heavy atom. The summed E-state index contributed by atoms with van der Waals surface area (Å²) in [6.07, 6.45) is -0.370. The van der Waals surface area contributed by atoms with Gasteiger partial charge in [-0.15, -0.1) is 0 Å². The average Bonchev–Trinajstić information content (AvgIpc) is 2.81. The zero-order valence-electron chi connectivity index (χ0n) is 16.8. The van der Waals surface area contributed by atoms with E-state index in [-0.39, 0.29) is 24.8 Å². The van der Waals surface area contributed by atoms with E-state index in [1.165, 1.54) is 0 Å². The van der Waals surface area contributed by atoms with Gasteiger partial charge in [-0.3, -0.25) is 9.59 Å². The monoisotopic (exact) mass is 404 g/mol. The van der Waals surface area contributed by atoms with Crippen LogP contribution in [0.15, 0.2) is 78.9 Å². The molecule has 0 saturated heterocycles. The van der Waals surface area contributed by atoms with E-state index in [1.54, 1.807) is 60.7 Å². The number of carbonyl (C=O) groups is 2. The first-order chi connectivity index (χ1) is 14.6. The highest BCUT2D eigenvalue weighted by Gasteiger charge is 2.10. The highest BCUT2D eigenvalue weighted by molar-refractivity contribution is 6.09. The normalized spacial score (nSPS) is 11.5. The first-order valence-electron chi connectivity index (χ1n) is 9.83. The molecular weight excluding hydrogens is 380 g/mol. The highest BCUT2D eigenvalue weighted by atomic mass is 16.5. The number of carbonyl (C=O) groups excluding carboxylic acids is 2. The van der Waals surface area contributed by atoms with Crippen molar-refractivity contribution in [2.75, 3.05) is 13.2 Å². The van der Waals surface area contributed by atoms with Crippen LogP contribution in [-0.2, 0) is 0 Å². The first-order valence-corrected chi connectivity index (χ1v) is 9.83. The zero-order chi connectivity index (χ0) is 21.3.